The number of carbonyl (C=O) groups is 3. The fourth-order valence-corrected chi connectivity index (χ4v) is 3.81. The number of rotatable bonds is 9. The Morgan fingerprint density at radius 1 is 1.06 bits per heavy atom. The van der Waals surface area contributed by atoms with E-state index in [1.165, 1.54) is 6.92 Å². The zero-order valence-electron chi connectivity index (χ0n) is 17.7. The van der Waals surface area contributed by atoms with E-state index in [-0.39, 0.29) is 11.8 Å². The maximum Gasteiger partial charge on any atom is 0.409 e. The molecule has 0 aliphatic carbocycles. The summed E-state index contributed by atoms with van der Waals surface area (Å²) in [4.78, 5) is 47.6. The zero-order chi connectivity index (χ0) is 23.6. The minimum atomic E-state index is -1.18. The number of thiazole rings is 1. The summed E-state index contributed by atoms with van der Waals surface area (Å²) in [5, 5.41) is 16.5. The summed E-state index contributed by atoms with van der Waals surface area (Å²) in [6.45, 7) is 1.74. The summed E-state index contributed by atoms with van der Waals surface area (Å²) >= 11 is 1.14. The summed E-state index contributed by atoms with van der Waals surface area (Å²) in [5.41, 5.74) is 3.12. The summed E-state index contributed by atoms with van der Waals surface area (Å²) in [5.74, 6) is -0.515. The van der Waals surface area contributed by atoms with Crippen LogP contribution in [0.25, 0.3) is 0 Å². The number of anilines is 1. The Hall–Kier alpha value is -4.12. The molecule has 170 valence electrons. The molecule has 0 bridgehead atoms. The van der Waals surface area contributed by atoms with Crippen molar-refractivity contribution in [1.29, 1.82) is 0 Å². The number of carbonyl (C=O) groups excluding carboxylic acids is 2. The lowest BCUT2D eigenvalue weighted by atomic mass is 10.1. The predicted octanol–water partition coefficient (Wildman–Crippen LogP) is 3.14. The van der Waals surface area contributed by atoms with Crippen LogP contribution in [0.3, 0.4) is 0 Å². The Kier molecular flexibility index (Phi) is 8.19. The zero-order valence-corrected chi connectivity index (χ0v) is 18.6. The number of aromatic nitrogens is 2. The number of nitrogens with zero attached hydrogens (tertiary/aromatic N) is 3. The minimum Gasteiger partial charge on any atom is -0.465 e. The second kappa shape index (κ2) is 11.5. The fraction of sp³-hybridized carbons (Fsp3) is 0.182. The standard InChI is InChI=1S/C22H22N6O4S/c1-14(29)27-21-28-18(19(33-21)20(30)24-12-16-8-10-23-11-9-16)7-4-15-2-5-17(6-3-15)25-13-26-22(31)32/h2-3,5-6,8-11,13H,4,7,12H2,1H3,(H,24,30)(H,25,26)(H,31,32)(H,27,28,29). The van der Waals surface area contributed by atoms with E-state index in [4.69, 9.17) is 5.11 Å². The van der Waals surface area contributed by atoms with Gasteiger partial charge in [0.25, 0.3) is 5.91 Å². The van der Waals surface area contributed by atoms with Gasteiger partial charge in [0.2, 0.25) is 5.91 Å². The second-order valence-corrected chi connectivity index (χ2v) is 7.89. The van der Waals surface area contributed by atoms with Gasteiger partial charge in [0.15, 0.2) is 5.13 Å². The molecule has 4 N–H and O–H groups in total. The molecule has 3 aromatic rings. The van der Waals surface area contributed by atoms with E-state index < -0.39 is 6.09 Å². The number of nitrogens with one attached hydrogen (secondary N) is 3. The van der Waals surface area contributed by atoms with Gasteiger partial charge in [-0.2, -0.15) is 0 Å². The van der Waals surface area contributed by atoms with Gasteiger partial charge in [-0.3, -0.25) is 19.9 Å². The van der Waals surface area contributed by atoms with Crippen LogP contribution in [0.4, 0.5) is 15.6 Å². The summed E-state index contributed by atoms with van der Waals surface area (Å²) < 4.78 is 0. The molecule has 1 aromatic carbocycles. The summed E-state index contributed by atoms with van der Waals surface area (Å²) in [7, 11) is 0. The maximum atomic E-state index is 12.8. The van der Waals surface area contributed by atoms with E-state index in [2.05, 4.69) is 30.9 Å². The number of amides is 3. The van der Waals surface area contributed by atoms with E-state index in [9.17, 15) is 14.4 Å². The van der Waals surface area contributed by atoms with E-state index in [1.54, 1.807) is 24.5 Å². The van der Waals surface area contributed by atoms with Crippen molar-refractivity contribution in [1.82, 2.24) is 20.6 Å². The average Bonchev–Trinajstić information content (AvgIpc) is 3.19. The molecule has 11 heteroatoms. The van der Waals surface area contributed by atoms with Gasteiger partial charge in [-0.05, 0) is 48.2 Å². The Bertz CT molecular complexity index is 1150. The summed E-state index contributed by atoms with van der Waals surface area (Å²) in [6.07, 6.45) is 4.36. The van der Waals surface area contributed by atoms with Crippen molar-refractivity contribution >= 4 is 46.4 Å². The number of carboxylic acid groups (broad SMARTS) is 1. The molecule has 0 aliphatic heterocycles. The van der Waals surface area contributed by atoms with Crippen LogP contribution >= 0.6 is 11.3 Å². The second-order valence-electron chi connectivity index (χ2n) is 6.89. The van der Waals surface area contributed by atoms with Crippen LogP contribution in [0.1, 0.15) is 33.4 Å². The maximum absolute atomic E-state index is 12.8. The minimum absolute atomic E-state index is 0.257. The van der Waals surface area contributed by atoms with Crippen LogP contribution in [0.15, 0.2) is 53.8 Å². The number of pyridine rings is 1. The molecule has 33 heavy (non-hydrogen) atoms. The van der Waals surface area contributed by atoms with Gasteiger partial charge in [-0.1, -0.05) is 23.5 Å². The molecule has 0 aliphatic rings. The highest BCUT2D eigenvalue weighted by molar-refractivity contribution is 7.17. The normalized spacial score (nSPS) is 10.7. The molecule has 0 unspecified atom stereocenters. The molecule has 2 heterocycles. The molecule has 3 rings (SSSR count). The monoisotopic (exact) mass is 466 g/mol. The van der Waals surface area contributed by atoms with Crippen molar-refractivity contribution in [3.8, 4) is 0 Å². The van der Waals surface area contributed by atoms with E-state index in [0.717, 1.165) is 28.8 Å². The van der Waals surface area contributed by atoms with Crippen LogP contribution < -0.4 is 16.0 Å². The molecule has 10 nitrogen and oxygen atoms in total. The lowest BCUT2D eigenvalue weighted by molar-refractivity contribution is -0.114. The fourth-order valence-electron chi connectivity index (χ4n) is 2.84. The molecular formula is C22H22N6O4S. The molecule has 0 spiro atoms. The molecule has 0 saturated carbocycles. The Morgan fingerprint density at radius 2 is 1.79 bits per heavy atom. The van der Waals surface area contributed by atoms with Gasteiger partial charge < -0.3 is 15.7 Å². The first-order chi connectivity index (χ1) is 15.9. The number of hydrogen-bond donors (Lipinski definition) is 4. The predicted molar refractivity (Wildman–Crippen MR) is 125 cm³/mol. The van der Waals surface area contributed by atoms with Gasteiger partial charge in [0.1, 0.15) is 4.88 Å². The molecule has 0 atom stereocenters. The van der Waals surface area contributed by atoms with Crippen LogP contribution in [-0.2, 0) is 24.2 Å². The molecule has 3 amide bonds. The van der Waals surface area contributed by atoms with Gasteiger partial charge in [-0.15, -0.1) is 0 Å². The molecule has 0 fully saturated rings. The first-order valence-corrected chi connectivity index (χ1v) is 10.8. The first kappa shape index (κ1) is 23.5. The van der Waals surface area contributed by atoms with Crippen molar-refractivity contribution in [3.63, 3.8) is 0 Å². The lowest BCUT2D eigenvalue weighted by Gasteiger charge is -2.06. The third kappa shape index (κ3) is 7.51. The first-order valence-electron chi connectivity index (χ1n) is 9.96. The number of benzene rings is 1. The van der Waals surface area contributed by atoms with Gasteiger partial charge in [0, 0.05) is 25.9 Å². The van der Waals surface area contributed by atoms with Crippen LogP contribution in [0.2, 0.25) is 0 Å². The van der Waals surface area contributed by atoms with Gasteiger partial charge in [-0.25, -0.2) is 14.8 Å². The highest BCUT2D eigenvalue weighted by atomic mass is 32.1. The van der Waals surface area contributed by atoms with E-state index >= 15 is 0 Å². The van der Waals surface area contributed by atoms with Gasteiger partial charge in [0.05, 0.1) is 17.7 Å². The largest absolute Gasteiger partial charge is 0.465 e. The number of hydrogen-bond acceptors (Lipinski definition) is 7. The van der Waals surface area contributed by atoms with Gasteiger partial charge >= 0.3 is 6.09 Å². The molecule has 2 aromatic heterocycles. The van der Waals surface area contributed by atoms with Crippen molar-refractivity contribution in [2.75, 3.05) is 5.32 Å². The third-order valence-corrected chi connectivity index (χ3v) is 5.39. The van der Waals surface area contributed by atoms with Crippen LogP contribution in [0.5, 0.6) is 0 Å². The topological polar surface area (TPSA) is 146 Å². The molecule has 0 radical (unpaired) electrons. The SMILES string of the molecule is CC(=O)Nc1nc(CCc2ccc(N=CNC(=O)O)cc2)c(C(=O)NCc2ccncc2)s1. The Labute approximate surface area is 193 Å². The van der Waals surface area contributed by atoms with E-state index in [1.807, 2.05) is 24.3 Å². The third-order valence-electron chi connectivity index (χ3n) is 4.38. The Balaban J connectivity index is 1.67. The molecule has 0 saturated heterocycles. The Morgan fingerprint density at radius 3 is 2.45 bits per heavy atom. The molecular weight excluding hydrogens is 444 g/mol. The van der Waals surface area contributed by atoms with E-state index in [0.29, 0.717) is 40.8 Å². The van der Waals surface area contributed by atoms with Crippen molar-refractivity contribution in [2.45, 2.75) is 26.3 Å². The van der Waals surface area contributed by atoms with Crippen LogP contribution in [0, 0.1) is 0 Å². The average molecular weight is 467 g/mol. The van der Waals surface area contributed by atoms with Crippen molar-refractivity contribution in [3.05, 3.63) is 70.5 Å². The number of aryl methyl sites for hydroxylation is 2. The summed E-state index contributed by atoms with van der Waals surface area (Å²) in [6, 6.07) is 10.9. The number of aliphatic imine (C=N–C) groups is 1. The quantitative estimate of drug-likeness (QED) is 0.281. The van der Waals surface area contributed by atoms with Crippen molar-refractivity contribution < 1.29 is 19.5 Å². The highest BCUT2D eigenvalue weighted by Gasteiger charge is 2.18. The lowest BCUT2D eigenvalue weighted by Crippen LogP contribution is -2.23. The van der Waals surface area contributed by atoms with Crippen LogP contribution in [-0.4, -0.2) is 39.3 Å². The highest BCUT2D eigenvalue weighted by Crippen LogP contribution is 2.25. The smallest absolute Gasteiger partial charge is 0.409 e. The van der Waals surface area contributed by atoms with Crippen molar-refractivity contribution in [2.24, 2.45) is 4.99 Å².